The molecule has 1 aromatic carbocycles. The van der Waals surface area contributed by atoms with E-state index in [-0.39, 0.29) is 16.8 Å². The Morgan fingerprint density at radius 1 is 1.43 bits per heavy atom. The Morgan fingerprint density at radius 2 is 2.19 bits per heavy atom. The second-order valence-corrected chi connectivity index (χ2v) is 7.47. The summed E-state index contributed by atoms with van der Waals surface area (Å²) in [5.74, 6) is -0.0691. The van der Waals surface area contributed by atoms with Crippen molar-refractivity contribution in [2.45, 2.75) is 17.4 Å². The van der Waals surface area contributed by atoms with Crippen molar-refractivity contribution in [1.82, 2.24) is 9.88 Å². The van der Waals surface area contributed by atoms with Crippen molar-refractivity contribution < 1.29 is 13.2 Å². The van der Waals surface area contributed by atoms with Gasteiger partial charge in [0.15, 0.2) is 9.84 Å². The van der Waals surface area contributed by atoms with Crippen molar-refractivity contribution in [3.63, 3.8) is 0 Å². The van der Waals surface area contributed by atoms with Gasteiger partial charge in [-0.15, -0.1) is 0 Å². The first-order chi connectivity index (χ1) is 9.86. The van der Waals surface area contributed by atoms with Crippen molar-refractivity contribution in [1.29, 1.82) is 0 Å². The Hall–Kier alpha value is -1.86. The molecular weight excluding hydrogens is 290 g/mol. The van der Waals surface area contributed by atoms with Gasteiger partial charge < -0.3 is 15.6 Å². The van der Waals surface area contributed by atoms with E-state index in [2.05, 4.69) is 4.98 Å². The molecule has 1 aromatic heterocycles. The average Bonchev–Trinajstić information content (AvgIpc) is 3.02. The van der Waals surface area contributed by atoms with Gasteiger partial charge in [0.25, 0.3) is 5.91 Å². The van der Waals surface area contributed by atoms with Gasteiger partial charge in [0.1, 0.15) is 0 Å². The maximum Gasteiger partial charge on any atom is 0.253 e. The highest BCUT2D eigenvalue weighted by molar-refractivity contribution is 7.91. The lowest BCUT2D eigenvalue weighted by molar-refractivity contribution is 0.0791. The average molecular weight is 307 g/mol. The largest absolute Gasteiger partial charge is 0.360 e. The number of benzene rings is 1. The van der Waals surface area contributed by atoms with Gasteiger partial charge in [0.05, 0.1) is 4.90 Å². The van der Waals surface area contributed by atoms with Crippen LogP contribution >= 0.6 is 0 Å². The summed E-state index contributed by atoms with van der Waals surface area (Å²) in [6, 6.07) is 5.07. The van der Waals surface area contributed by atoms with Crippen LogP contribution in [0.1, 0.15) is 16.8 Å². The molecule has 3 rings (SSSR count). The number of hydrogen-bond acceptors (Lipinski definition) is 4. The van der Waals surface area contributed by atoms with Crippen LogP contribution in [-0.2, 0) is 9.84 Å². The molecule has 7 heteroatoms. The molecule has 1 atom stereocenters. The molecule has 1 saturated heterocycles. The lowest BCUT2D eigenvalue weighted by atomic mass is 10.1. The minimum absolute atomic E-state index is 0.0417. The molecule has 2 aromatic rings. The third kappa shape index (κ3) is 2.54. The molecule has 0 bridgehead atoms. The summed E-state index contributed by atoms with van der Waals surface area (Å²) >= 11 is 0. The van der Waals surface area contributed by atoms with Crippen molar-refractivity contribution in [3.8, 4) is 0 Å². The molecule has 2 heterocycles. The molecular formula is C14H17N3O3S. The van der Waals surface area contributed by atoms with Crippen LogP contribution in [0.3, 0.4) is 0 Å². The molecule has 0 radical (unpaired) electrons. The molecule has 21 heavy (non-hydrogen) atoms. The van der Waals surface area contributed by atoms with Gasteiger partial charge in [0, 0.05) is 48.1 Å². The quantitative estimate of drug-likeness (QED) is 0.855. The standard InChI is InChI=1S/C14H17N3O3S/c1-21(19,20)13-7-16-12-6-9(2-3-11(12)13)14(18)17-5-4-10(15)8-17/h2-3,6-7,10,16H,4-5,8,15H2,1H3. The summed E-state index contributed by atoms with van der Waals surface area (Å²) in [6.07, 6.45) is 3.44. The zero-order valence-corrected chi connectivity index (χ0v) is 12.5. The van der Waals surface area contributed by atoms with Gasteiger partial charge in [-0.2, -0.15) is 0 Å². The van der Waals surface area contributed by atoms with E-state index in [1.54, 1.807) is 23.1 Å². The molecule has 112 valence electrons. The highest BCUT2D eigenvalue weighted by Gasteiger charge is 2.25. The monoisotopic (exact) mass is 307 g/mol. The van der Waals surface area contributed by atoms with E-state index in [1.807, 2.05) is 0 Å². The topological polar surface area (TPSA) is 96.3 Å². The third-order valence-corrected chi connectivity index (χ3v) is 4.94. The summed E-state index contributed by atoms with van der Waals surface area (Å²) < 4.78 is 23.3. The minimum atomic E-state index is -3.29. The number of fused-ring (bicyclic) bond motifs is 1. The van der Waals surface area contributed by atoms with Crippen LogP contribution in [0.2, 0.25) is 0 Å². The molecule has 6 nitrogen and oxygen atoms in total. The van der Waals surface area contributed by atoms with Crippen molar-refractivity contribution >= 4 is 26.6 Å². The molecule has 1 aliphatic heterocycles. The first-order valence-electron chi connectivity index (χ1n) is 6.72. The van der Waals surface area contributed by atoms with E-state index in [9.17, 15) is 13.2 Å². The number of nitrogens with one attached hydrogen (secondary N) is 1. The van der Waals surface area contributed by atoms with Gasteiger partial charge in [-0.05, 0) is 18.6 Å². The number of aromatic nitrogens is 1. The van der Waals surface area contributed by atoms with Crippen LogP contribution in [0.5, 0.6) is 0 Å². The highest BCUT2D eigenvalue weighted by atomic mass is 32.2. The molecule has 1 aliphatic rings. The summed E-state index contributed by atoms with van der Waals surface area (Å²) in [4.78, 5) is 17.3. The molecule has 1 amide bonds. The van der Waals surface area contributed by atoms with Gasteiger partial charge in [0.2, 0.25) is 0 Å². The smallest absolute Gasteiger partial charge is 0.253 e. The first-order valence-corrected chi connectivity index (χ1v) is 8.61. The summed E-state index contributed by atoms with van der Waals surface area (Å²) in [5, 5.41) is 0.604. The number of hydrogen-bond donors (Lipinski definition) is 2. The number of sulfone groups is 1. The lowest BCUT2D eigenvalue weighted by Crippen LogP contribution is -2.31. The fourth-order valence-electron chi connectivity index (χ4n) is 2.69. The number of nitrogens with zero attached hydrogens (tertiary/aromatic N) is 1. The van der Waals surface area contributed by atoms with Gasteiger partial charge >= 0.3 is 0 Å². The number of H-pyrrole nitrogens is 1. The van der Waals surface area contributed by atoms with Gasteiger partial charge in [-0.1, -0.05) is 6.07 Å². The molecule has 1 unspecified atom stereocenters. The van der Waals surface area contributed by atoms with Crippen LogP contribution in [0, 0.1) is 0 Å². The Balaban J connectivity index is 1.97. The molecule has 0 saturated carbocycles. The van der Waals surface area contributed by atoms with Crippen LogP contribution in [0.4, 0.5) is 0 Å². The van der Waals surface area contributed by atoms with E-state index in [1.165, 1.54) is 12.5 Å². The summed E-state index contributed by atoms with van der Waals surface area (Å²) in [7, 11) is -3.29. The normalized spacial score (nSPS) is 19.3. The van der Waals surface area contributed by atoms with Gasteiger partial charge in [-0.3, -0.25) is 4.79 Å². The van der Waals surface area contributed by atoms with Crippen LogP contribution in [0.15, 0.2) is 29.3 Å². The Morgan fingerprint density at radius 3 is 2.81 bits per heavy atom. The number of amides is 1. The summed E-state index contributed by atoms with van der Waals surface area (Å²) in [5.41, 5.74) is 7.00. The molecule has 3 N–H and O–H groups in total. The number of carbonyl (C=O) groups is 1. The van der Waals surface area contributed by atoms with Crippen molar-refractivity contribution in [2.75, 3.05) is 19.3 Å². The van der Waals surface area contributed by atoms with E-state index in [0.29, 0.717) is 29.6 Å². The van der Waals surface area contributed by atoms with E-state index < -0.39 is 9.84 Å². The molecule has 1 fully saturated rings. The zero-order valence-electron chi connectivity index (χ0n) is 11.7. The Bertz CT molecular complexity index is 810. The second-order valence-electron chi connectivity index (χ2n) is 5.49. The maximum atomic E-state index is 12.4. The van der Waals surface area contributed by atoms with Gasteiger partial charge in [-0.25, -0.2) is 8.42 Å². The Labute approximate surface area is 122 Å². The van der Waals surface area contributed by atoms with Crippen molar-refractivity contribution in [2.24, 2.45) is 5.73 Å². The first kappa shape index (κ1) is 14.1. The van der Waals surface area contributed by atoms with E-state index in [4.69, 9.17) is 5.73 Å². The van der Waals surface area contributed by atoms with E-state index >= 15 is 0 Å². The predicted molar refractivity (Wildman–Crippen MR) is 79.9 cm³/mol. The summed E-state index contributed by atoms with van der Waals surface area (Å²) in [6.45, 7) is 1.23. The number of rotatable bonds is 2. The van der Waals surface area contributed by atoms with Crippen LogP contribution in [-0.4, -0.2) is 49.6 Å². The third-order valence-electron chi connectivity index (χ3n) is 3.80. The number of aromatic amines is 1. The SMILES string of the molecule is CS(=O)(=O)c1c[nH]c2cc(C(=O)N3CCC(N)C3)ccc12. The number of carbonyl (C=O) groups excluding carboxylic acids is 1. The highest BCUT2D eigenvalue weighted by Crippen LogP contribution is 2.24. The Kier molecular flexibility index (Phi) is 3.26. The van der Waals surface area contributed by atoms with Crippen LogP contribution in [0.25, 0.3) is 10.9 Å². The molecule has 0 spiro atoms. The maximum absolute atomic E-state index is 12.4. The number of likely N-dealkylation sites (tertiary alicyclic amines) is 1. The predicted octanol–water partition coefficient (Wildman–Crippen LogP) is 0.745. The van der Waals surface area contributed by atoms with Crippen LogP contribution < -0.4 is 5.73 Å². The van der Waals surface area contributed by atoms with Crippen molar-refractivity contribution in [3.05, 3.63) is 30.0 Å². The zero-order chi connectivity index (χ0) is 15.2. The van der Waals surface area contributed by atoms with E-state index in [0.717, 1.165) is 6.42 Å². The fourth-order valence-corrected chi connectivity index (χ4v) is 3.54. The lowest BCUT2D eigenvalue weighted by Gasteiger charge is -2.15. The second kappa shape index (κ2) is 4.85. The number of nitrogens with two attached hydrogens (primary N) is 1. The minimum Gasteiger partial charge on any atom is -0.360 e. The fraction of sp³-hybridized carbons (Fsp3) is 0.357. The molecule has 0 aliphatic carbocycles.